The molecule has 1 amide bonds. The lowest BCUT2D eigenvalue weighted by Gasteiger charge is -2.17. The van der Waals surface area contributed by atoms with Crippen LogP contribution in [0.15, 0.2) is 0 Å². The van der Waals surface area contributed by atoms with Crippen LogP contribution in [0.2, 0.25) is 0 Å². The maximum Gasteiger partial charge on any atom is 0.328 e. The number of carbonyl (C=O) groups excluding carboxylic acids is 2. The van der Waals surface area contributed by atoms with Crippen LogP contribution in [0.3, 0.4) is 0 Å². The molecule has 0 saturated carbocycles. The lowest BCUT2D eigenvalue weighted by atomic mass is 10.0. The topological polar surface area (TPSA) is 81.4 Å². The molecule has 0 aliphatic carbocycles. The first-order valence-corrected chi connectivity index (χ1v) is 13.8. The van der Waals surface area contributed by atoms with Gasteiger partial charge in [-0.1, -0.05) is 104 Å². The Hall–Kier alpha value is -1.10. The van der Waals surface area contributed by atoms with E-state index in [0.29, 0.717) is 26.0 Å². The third kappa shape index (κ3) is 20.8. The summed E-state index contributed by atoms with van der Waals surface area (Å²) in [6.45, 7) is 5.24. The number of nitrogens with one attached hydrogen (secondary N) is 1. The molecule has 0 radical (unpaired) electrons. The van der Waals surface area contributed by atoms with Gasteiger partial charge < -0.3 is 15.8 Å². The smallest absolute Gasteiger partial charge is 0.328 e. The van der Waals surface area contributed by atoms with Crippen LogP contribution in [0.5, 0.6) is 0 Å². The van der Waals surface area contributed by atoms with Crippen LogP contribution in [-0.2, 0) is 14.3 Å². The molecule has 0 aliphatic heterocycles. The maximum atomic E-state index is 12.3. The quantitative estimate of drug-likeness (QED) is 0.124. The molecule has 0 aliphatic rings. The van der Waals surface area contributed by atoms with Crippen molar-refractivity contribution in [2.45, 2.75) is 148 Å². The van der Waals surface area contributed by atoms with Gasteiger partial charge in [0, 0.05) is 6.42 Å². The normalized spacial score (nSPS) is 12.0. The second-order valence-corrected chi connectivity index (χ2v) is 9.27. The fourth-order valence-corrected chi connectivity index (χ4v) is 3.97. The van der Waals surface area contributed by atoms with Gasteiger partial charge in [-0.3, -0.25) is 4.79 Å². The molecule has 0 bridgehead atoms. The molecular weight excluding hydrogens is 400 g/mol. The monoisotopic (exact) mass is 454 g/mol. The summed E-state index contributed by atoms with van der Waals surface area (Å²) in [5.41, 5.74) is 5.54. The van der Waals surface area contributed by atoms with Gasteiger partial charge in [-0.15, -0.1) is 0 Å². The van der Waals surface area contributed by atoms with Gasteiger partial charge in [-0.25, -0.2) is 4.79 Å². The van der Waals surface area contributed by atoms with E-state index in [2.05, 4.69) is 12.2 Å². The van der Waals surface area contributed by atoms with Crippen LogP contribution < -0.4 is 11.1 Å². The number of rotatable bonds is 24. The van der Waals surface area contributed by atoms with E-state index in [1.54, 1.807) is 0 Å². The molecule has 1 atom stereocenters. The van der Waals surface area contributed by atoms with E-state index >= 15 is 0 Å². The highest BCUT2D eigenvalue weighted by molar-refractivity contribution is 5.84. The molecule has 0 spiro atoms. The van der Waals surface area contributed by atoms with Gasteiger partial charge in [0.25, 0.3) is 0 Å². The highest BCUT2D eigenvalue weighted by Crippen LogP contribution is 2.14. The van der Waals surface area contributed by atoms with Gasteiger partial charge in [0.2, 0.25) is 5.91 Å². The summed E-state index contributed by atoms with van der Waals surface area (Å²) in [7, 11) is 0. The summed E-state index contributed by atoms with van der Waals surface area (Å²) < 4.78 is 5.23. The number of amides is 1. The van der Waals surface area contributed by atoms with Gasteiger partial charge in [-0.2, -0.15) is 0 Å². The summed E-state index contributed by atoms with van der Waals surface area (Å²) in [5, 5.41) is 2.88. The van der Waals surface area contributed by atoms with Crippen LogP contribution in [0.1, 0.15) is 142 Å². The van der Waals surface area contributed by atoms with E-state index in [-0.39, 0.29) is 11.9 Å². The number of hydrogen-bond donors (Lipinski definition) is 2. The van der Waals surface area contributed by atoms with Gasteiger partial charge in [0.05, 0.1) is 6.61 Å². The number of esters is 1. The fourth-order valence-electron chi connectivity index (χ4n) is 3.97. The lowest BCUT2D eigenvalue weighted by molar-refractivity contribution is -0.148. The van der Waals surface area contributed by atoms with Crippen molar-refractivity contribution in [3.05, 3.63) is 0 Å². The Morgan fingerprint density at radius 1 is 0.688 bits per heavy atom. The van der Waals surface area contributed by atoms with Gasteiger partial charge in [0.1, 0.15) is 6.04 Å². The Morgan fingerprint density at radius 3 is 1.66 bits per heavy atom. The summed E-state index contributed by atoms with van der Waals surface area (Å²) in [6.07, 6.45) is 23.2. The SMILES string of the molecule is CCCCCCCCCCCCCCCCCC(=O)N[C@@H](CCCCN)C(=O)OCCC. The second kappa shape index (κ2) is 24.5. The molecule has 190 valence electrons. The third-order valence-corrected chi connectivity index (χ3v) is 6.02. The molecule has 0 saturated heterocycles. The largest absolute Gasteiger partial charge is 0.464 e. The molecule has 3 N–H and O–H groups in total. The molecule has 5 heteroatoms. The van der Waals surface area contributed by atoms with Crippen molar-refractivity contribution in [1.82, 2.24) is 5.32 Å². The zero-order valence-corrected chi connectivity index (χ0v) is 21.4. The van der Waals surface area contributed by atoms with Crippen LogP contribution in [-0.4, -0.2) is 31.1 Å². The minimum Gasteiger partial charge on any atom is -0.464 e. The Morgan fingerprint density at radius 2 is 1.19 bits per heavy atom. The summed E-state index contributed by atoms with van der Waals surface area (Å²) in [4.78, 5) is 24.4. The molecule has 0 rings (SSSR count). The van der Waals surface area contributed by atoms with E-state index in [0.717, 1.165) is 32.1 Å². The van der Waals surface area contributed by atoms with E-state index in [4.69, 9.17) is 10.5 Å². The molecular formula is C27H54N2O3. The first kappa shape index (κ1) is 30.9. The third-order valence-electron chi connectivity index (χ3n) is 6.02. The number of unbranched alkanes of at least 4 members (excludes halogenated alkanes) is 15. The predicted molar refractivity (Wildman–Crippen MR) is 136 cm³/mol. The number of ether oxygens (including phenoxy) is 1. The summed E-state index contributed by atoms with van der Waals surface area (Å²) >= 11 is 0. The average molecular weight is 455 g/mol. The fraction of sp³-hybridized carbons (Fsp3) is 0.926. The van der Waals surface area contributed by atoms with Crippen molar-refractivity contribution in [3.63, 3.8) is 0 Å². The van der Waals surface area contributed by atoms with Crippen LogP contribution in [0.25, 0.3) is 0 Å². The van der Waals surface area contributed by atoms with Crippen molar-refractivity contribution in [2.24, 2.45) is 5.73 Å². The minimum absolute atomic E-state index is 0.0362. The van der Waals surface area contributed by atoms with Gasteiger partial charge in [-0.05, 0) is 38.6 Å². The standard InChI is InChI=1S/C27H54N2O3/c1-3-5-6-7-8-9-10-11-12-13-14-15-16-17-18-22-26(30)29-25(21-19-20-23-28)27(31)32-24-4-2/h25H,3-24,28H2,1-2H3,(H,29,30)/t25-/m0/s1. The average Bonchev–Trinajstić information content (AvgIpc) is 2.79. The highest BCUT2D eigenvalue weighted by Gasteiger charge is 2.21. The number of nitrogens with two attached hydrogens (primary N) is 1. The molecule has 0 aromatic rings. The maximum absolute atomic E-state index is 12.3. The zero-order chi connectivity index (χ0) is 23.7. The second-order valence-electron chi connectivity index (χ2n) is 9.27. The van der Waals surface area contributed by atoms with E-state index in [9.17, 15) is 9.59 Å². The molecule has 0 unspecified atom stereocenters. The highest BCUT2D eigenvalue weighted by atomic mass is 16.5. The van der Waals surface area contributed by atoms with Gasteiger partial charge >= 0.3 is 5.97 Å². The lowest BCUT2D eigenvalue weighted by Crippen LogP contribution is -2.42. The first-order valence-electron chi connectivity index (χ1n) is 13.8. The van der Waals surface area contributed by atoms with Crippen LogP contribution in [0, 0.1) is 0 Å². The Kier molecular flexibility index (Phi) is 23.7. The predicted octanol–water partition coefficient (Wildman–Crippen LogP) is 6.81. The Bertz CT molecular complexity index is 429. The molecule has 0 fully saturated rings. The molecule has 0 heterocycles. The van der Waals surface area contributed by atoms with Crippen molar-refractivity contribution in [2.75, 3.05) is 13.2 Å². The molecule has 32 heavy (non-hydrogen) atoms. The van der Waals surface area contributed by atoms with Crippen molar-refractivity contribution >= 4 is 11.9 Å². The van der Waals surface area contributed by atoms with E-state index < -0.39 is 6.04 Å². The number of hydrogen-bond acceptors (Lipinski definition) is 4. The molecule has 5 nitrogen and oxygen atoms in total. The van der Waals surface area contributed by atoms with E-state index in [1.165, 1.54) is 83.5 Å². The van der Waals surface area contributed by atoms with Crippen molar-refractivity contribution < 1.29 is 14.3 Å². The van der Waals surface area contributed by atoms with Crippen LogP contribution in [0.4, 0.5) is 0 Å². The molecule has 0 aromatic carbocycles. The van der Waals surface area contributed by atoms with Crippen molar-refractivity contribution in [3.8, 4) is 0 Å². The number of carbonyl (C=O) groups is 2. The Balaban J connectivity index is 3.65. The molecule has 0 aromatic heterocycles. The first-order chi connectivity index (χ1) is 15.7. The zero-order valence-electron chi connectivity index (χ0n) is 21.4. The summed E-state index contributed by atoms with van der Waals surface area (Å²) in [6, 6.07) is -0.531. The minimum atomic E-state index is -0.531. The van der Waals surface area contributed by atoms with Crippen molar-refractivity contribution in [1.29, 1.82) is 0 Å². The summed E-state index contributed by atoms with van der Waals surface area (Å²) in [5.74, 6) is -0.348. The van der Waals surface area contributed by atoms with Gasteiger partial charge in [0.15, 0.2) is 0 Å². The van der Waals surface area contributed by atoms with E-state index in [1.807, 2.05) is 6.92 Å². The Labute approximate surface area is 199 Å². The van der Waals surface area contributed by atoms with Crippen LogP contribution >= 0.6 is 0 Å².